The van der Waals surface area contributed by atoms with Crippen LogP contribution in [0.2, 0.25) is 0 Å². The lowest BCUT2D eigenvalue weighted by Gasteiger charge is -2.05. The van der Waals surface area contributed by atoms with Crippen molar-refractivity contribution in [3.63, 3.8) is 0 Å². The first-order chi connectivity index (χ1) is 8.22. The Morgan fingerprint density at radius 1 is 1.47 bits per heavy atom. The molecule has 1 aromatic heterocycles. The molecule has 2 aromatic rings. The number of rotatable bonds is 2. The minimum Gasteiger partial charge on any atom is -0.398 e. The Bertz CT molecular complexity index is 596. The lowest BCUT2D eigenvalue weighted by atomic mass is 10.1. The molecule has 0 saturated heterocycles. The molecular weight excluding hydrogens is 218 g/mol. The van der Waals surface area contributed by atoms with E-state index < -0.39 is 0 Å². The Balaban J connectivity index is 2.24. The minimum atomic E-state index is -0.385. The van der Waals surface area contributed by atoms with Crippen LogP contribution in [0.4, 0.5) is 11.5 Å². The molecule has 4 N–H and O–H groups in total. The number of aromatic nitrogens is 2. The molecule has 0 unspecified atom stereocenters. The Morgan fingerprint density at radius 2 is 2.24 bits per heavy atom. The Morgan fingerprint density at radius 3 is 2.94 bits per heavy atom. The SMILES string of the molecule is N#Cc1cn[nH]c1NC(=O)c1ccccc1N. The molecule has 1 amide bonds. The number of amides is 1. The van der Waals surface area contributed by atoms with Gasteiger partial charge in [-0.25, -0.2) is 0 Å². The van der Waals surface area contributed by atoms with Gasteiger partial charge < -0.3 is 11.1 Å². The highest BCUT2D eigenvalue weighted by atomic mass is 16.1. The fourth-order valence-corrected chi connectivity index (χ4v) is 1.35. The van der Waals surface area contributed by atoms with E-state index in [1.807, 2.05) is 6.07 Å². The molecule has 0 aliphatic rings. The molecule has 84 valence electrons. The van der Waals surface area contributed by atoms with Gasteiger partial charge in [-0.3, -0.25) is 9.89 Å². The van der Waals surface area contributed by atoms with Crippen molar-refractivity contribution in [1.82, 2.24) is 10.2 Å². The minimum absolute atomic E-state index is 0.265. The third kappa shape index (κ3) is 2.08. The van der Waals surface area contributed by atoms with Gasteiger partial charge in [0.15, 0.2) is 0 Å². The molecule has 6 heteroatoms. The number of nitrogens with two attached hydrogens (primary N) is 1. The van der Waals surface area contributed by atoms with E-state index in [2.05, 4.69) is 15.5 Å². The van der Waals surface area contributed by atoms with Crippen molar-refractivity contribution in [2.45, 2.75) is 0 Å². The Kier molecular flexibility index (Phi) is 2.75. The van der Waals surface area contributed by atoms with Crippen LogP contribution >= 0.6 is 0 Å². The molecule has 0 aliphatic heterocycles. The van der Waals surface area contributed by atoms with E-state index in [0.717, 1.165) is 0 Å². The second kappa shape index (κ2) is 4.37. The molecule has 0 atom stereocenters. The standard InChI is InChI=1S/C11H9N5O/c12-5-7-6-14-16-10(7)15-11(17)8-3-1-2-4-9(8)13/h1-4,6H,13H2,(H2,14,15,16,17). The van der Waals surface area contributed by atoms with Crippen LogP contribution in [0.3, 0.4) is 0 Å². The second-order valence-corrected chi connectivity index (χ2v) is 3.31. The van der Waals surface area contributed by atoms with Crippen molar-refractivity contribution >= 4 is 17.4 Å². The number of benzene rings is 1. The number of nitrogen functional groups attached to an aromatic ring is 1. The summed E-state index contributed by atoms with van der Waals surface area (Å²) in [5.74, 6) is -0.121. The van der Waals surface area contributed by atoms with Crippen molar-refractivity contribution in [1.29, 1.82) is 5.26 Å². The summed E-state index contributed by atoms with van der Waals surface area (Å²) in [7, 11) is 0. The summed E-state index contributed by atoms with van der Waals surface area (Å²) >= 11 is 0. The van der Waals surface area contributed by atoms with Crippen LogP contribution in [-0.2, 0) is 0 Å². The largest absolute Gasteiger partial charge is 0.398 e. The van der Waals surface area contributed by atoms with Gasteiger partial charge in [-0.1, -0.05) is 12.1 Å². The average molecular weight is 227 g/mol. The van der Waals surface area contributed by atoms with Gasteiger partial charge in [0.25, 0.3) is 5.91 Å². The van der Waals surface area contributed by atoms with Crippen molar-refractivity contribution in [3.05, 3.63) is 41.6 Å². The number of H-pyrrole nitrogens is 1. The first-order valence-corrected chi connectivity index (χ1v) is 4.81. The maximum Gasteiger partial charge on any atom is 0.258 e. The van der Waals surface area contributed by atoms with Gasteiger partial charge in [-0.15, -0.1) is 0 Å². The lowest BCUT2D eigenvalue weighted by Crippen LogP contribution is -2.14. The zero-order valence-corrected chi connectivity index (χ0v) is 8.77. The maximum atomic E-state index is 11.9. The van der Waals surface area contributed by atoms with Gasteiger partial charge >= 0.3 is 0 Å². The average Bonchev–Trinajstić information content (AvgIpc) is 2.76. The number of nitrogens with zero attached hydrogens (tertiary/aromatic N) is 2. The predicted octanol–water partition coefficient (Wildman–Crippen LogP) is 1.12. The normalized spacial score (nSPS) is 9.59. The van der Waals surface area contributed by atoms with Crippen LogP contribution in [0.5, 0.6) is 0 Å². The molecule has 1 heterocycles. The number of nitrogens with one attached hydrogen (secondary N) is 2. The molecule has 0 radical (unpaired) electrons. The maximum absolute atomic E-state index is 11.9. The summed E-state index contributed by atoms with van der Waals surface area (Å²) in [6, 6.07) is 8.59. The number of hydrogen-bond donors (Lipinski definition) is 3. The fraction of sp³-hybridized carbons (Fsp3) is 0. The highest BCUT2D eigenvalue weighted by molar-refractivity contribution is 6.07. The molecule has 0 saturated carbocycles. The predicted molar refractivity (Wildman–Crippen MR) is 62.1 cm³/mol. The molecule has 2 rings (SSSR count). The van der Waals surface area contributed by atoms with Crippen molar-refractivity contribution < 1.29 is 4.79 Å². The number of para-hydroxylation sites is 1. The van der Waals surface area contributed by atoms with Gasteiger partial charge in [0.05, 0.1) is 11.8 Å². The second-order valence-electron chi connectivity index (χ2n) is 3.31. The molecule has 0 aliphatic carbocycles. The topological polar surface area (TPSA) is 108 Å². The van der Waals surface area contributed by atoms with E-state index in [0.29, 0.717) is 11.3 Å². The number of anilines is 2. The summed E-state index contributed by atoms with van der Waals surface area (Å²) < 4.78 is 0. The summed E-state index contributed by atoms with van der Waals surface area (Å²) in [5.41, 5.74) is 6.67. The Hall–Kier alpha value is -2.81. The van der Waals surface area contributed by atoms with E-state index in [4.69, 9.17) is 11.0 Å². The van der Waals surface area contributed by atoms with Crippen LogP contribution in [-0.4, -0.2) is 16.1 Å². The molecular formula is C11H9N5O. The molecule has 17 heavy (non-hydrogen) atoms. The van der Waals surface area contributed by atoms with Gasteiger partial charge in [0, 0.05) is 5.69 Å². The van der Waals surface area contributed by atoms with E-state index >= 15 is 0 Å². The number of carbonyl (C=O) groups is 1. The lowest BCUT2D eigenvalue weighted by molar-refractivity contribution is 0.102. The van der Waals surface area contributed by atoms with Gasteiger partial charge in [0.1, 0.15) is 17.5 Å². The molecule has 6 nitrogen and oxygen atoms in total. The van der Waals surface area contributed by atoms with Crippen LogP contribution < -0.4 is 11.1 Å². The van der Waals surface area contributed by atoms with Crippen LogP contribution in [0, 0.1) is 11.3 Å². The molecule has 0 fully saturated rings. The van der Waals surface area contributed by atoms with Crippen LogP contribution in [0.15, 0.2) is 30.5 Å². The molecule has 0 spiro atoms. The van der Waals surface area contributed by atoms with Gasteiger partial charge in [0.2, 0.25) is 0 Å². The smallest absolute Gasteiger partial charge is 0.258 e. The summed E-state index contributed by atoms with van der Waals surface area (Å²) in [6.45, 7) is 0. The highest BCUT2D eigenvalue weighted by Gasteiger charge is 2.12. The monoisotopic (exact) mass is 227 g/mol. The van der Waals surface area contributed by atoms with Crippen LogP contribution in [0.1, 0.15) is 15.9 Å². The van der Waals surface area contributed by atoms with Crippen molar-refractivity contribution in [3.8, 4) is 6.07 Å². The molecule has 1 aromatic carbocycles. The number of aromatic amines is 1. The number of carbonyl (C=O) groups excluding carboxylic acids is 1. The van der Waals surface area contributed by atoms with Crippen molar-refractivity contribution in [2.24, 2.45) is 0 Å². The summed E-state index contributed by atoms with van der Waals surface area (Å²) in [4.78, 5) is 11.9. The molecule has 0 bridgehead atoms. The van der Waals surface area contributed by atoms with Crippen molar-refractivity contribution in [2.75, 3.05) is 11.1 Å². The zero-order chi connectivity index (χ0) is 12.3. The first kappa shape index (κ1) is 10.7. The van der Waals surface area contributed by atoms with Crippen LogP contribution in [0.25, 0.3) is 0 Å². The van der Waals surface area contributed by atoms with E-state index in [1.165, 1.54) is 6.20 Å². The highest BCUT2D eigenvalue weighted by Crippen LogP contribution is 2.14. The van der Waals surface area contributed by atoms with Gasteiger partial charge in [-0.2, -0.15) is 10.4 Å². The first-order valence-electron chi connectivity index (χ1n) is 4.81. The number of nitriles is 1. The van der Waals surface area contributed by atoms with Gasteiger partial charge in [-0.05, 0) is 12.1 Å². The third-order valence-corrected chi connectivity index (χ3v) is 2.20. The quantitative estimate of drug-likeness (QED) is 0.668. The summed E-state index contributed by atoms with van der Waals surface area (Å²) in [5, 5.41) is 17.5. The third-order valence-electron chi connectivity index (χ3n) is 2.20. The number of hydrogen-bond acceptors (Lipinski definition) is 4. The van der Waals surface area contributed by atoms with E-state index in [-0.39, 0.29) is 17.3 Å². The Labute approximate surface area is 97.1 Å². The van der Waals surface area contributed by atoms with E-state index in [1.54, 1.807) is 24.3 Å². The van der Waals surface area contributed by atoms with E-state index in [9.17, 15) is 4.79 Å². The summed E-state index contributed by atoms with van der Waals surface area (Å²) in [6.07, 6.45) is 1.34. The zero-order valence-electron chi connectivity index (χ0n) is 8.77. The fourth-order valence-electron chi connectivity index (χ4n) is 1.35.